The first kappa shape index (κ1) is 21.6. The number of thiazole rings is 1. The molecule has 6 rings (SSSR count). The summed E-state index contributed by atoms with van der Waals surface area (Å²) in [5.41, 5.74) is 5.16. The number of aryl methyl sites for hydroxylation is 1. The SMILES string of the molecule is Cc1cccc2sc(N(Cc3cccnc3)C(=O)c3cc(-c4cccs4)nc4ccccc34)nc12. The summed E-state index contributed by atoms with van der Waals surface area (Å²) in [6, 6.07) is 23.7. The number of pyridine rings is 2. The van der Waals surface area contributed by atoms with Crippen molar-refractivity contribution in [3.8, 4) is 10.6 Å². The van der Waals surface area contributed by atoms with Crippen LogP contribution in [0.1, 0.15) is 21.5 Å². The van der Waals surface area contributed by atoms with Gasteiger partial charge in [0.2, 0.25) is 0 Å². The largest absolute Gasteiger partial charge is 0.279 e. The highest BCUT2D eigenvalue weighted by molar-refractivity contribution is 7.22. The average molecular weight is 493 g/mol. The van der Waals surface area contributed by atoms with Crippen LogP contribution in [0.5, 0.6) is 0 Å². The lowest BCUT2D eigenvalue weighted by atomic mass is 10.1. The molecule has 4 heterocycles. The van der Waals surface area contributed by atoms with Crippen molar-refractivity contribution in [1.29, 1.82) is 0 Å². The number of carbonyl (C=O) groups excluding carboxylic acids is 1. The molecule has 2 aromatic carbocycles. The van der Waals surface area contributed by atoms with Gasteiger partial charge in [0.25, 0.3) is 5.91 Å². The van der Waals surface area contributed by atoms with Gasteiger partial charge in [0.1, 0.15) is 0 Å². The topological polar surface area (TPSA) is 59.0 Å². The number of hydrogen-bond acceptors (Lipinski definition) is 6. The summed E-state index contributed by atoms with van der Waals surface area (Å²) in [5.74, 6) is -0.109. The molecule has 0 aliphatic heterocycles. The Hall–Kier alpha value is -3.94. The van der Waals surface area contributed by atoms with Crippen molar-refractivity contribution < 1.29 is 4.79 Å². The Kier molecular flexibility index (Phi) is 5.56. The van der Waals surface area contributed by atoms with Crippen molar-refractivity contribution in [3.63, 3.8) is 0 Å². The molecule has 6 aromatic rings. The Morgan fingerprint density at radius 1 is 0.971 bits per heavy atom. The molecule has 0 fully saturated rings. The number of carbonyl (C=O) groups is 1. The summed E-state index contributed by atoms with van der Waals surface area (Å²) >= 11 is 3.14. The molecule has 0 atom stereocenters. The molecule has 0 saturated heterocycles. The molecule has 0 unspecified atom stereocenters. The van der Waals surface area contributed by atoms with Crippen molar-refractivity contribution in [2.45, 2.75) is 13.5 Å². The summed E-state index contributed by atoms with van der Waals surface area (Å²) in [7, 11) is 0. The molecule has 5 nitrogen and oxygen atoms in total. The van der Waals surface area contributed by atoms with Crippen molar-refractivity contribution in [2.24, 2.45) is 0 Å². The van der Waals surface area contributed by atoms with Crippen LogP contribution in [0.25, 0.3) is 31.7 Å². The van der Waals surface area contributed by atoms with Crippen LogP contribution in [-0.2, 0) is 6.54 Å². The van der Waals surface area contributed by atoms with Gasteiger partial charge >= 0.3 is 0 Å². The van der Waals surface area contributed by atoms with Crippen LogP contribution < -0.4 is 4.90 Å². The van der Waals surface area contributed by atoms with Gasteiger partial charge in [-0.05, 0) is 53.8 Å². The molecule has 0 aliphatic carbocycles. The van der Waals surface area contributed by atoms with Gasteiger partial charge in [-0.25, -0.2) is 9.97 Å². The van der Waals surface area contributed by atoms with Gasteiger partial charge in [-0.1, -0.05) is 53.8 Å². The monoisotopic (exact) mass is 492 g/mol. The lowest BCUT2D eigenvalue weighted by Crippen LogP contribution is -2.30. The second-order valence-corrected chi connectivity index (χ2v) is 10.2. The van der Waals surface area contributed by atoms with Crippen LogP contribution >= 0.6 is 22.7 Å². The number of aromatic nitrogens is 3. The van der Waals surface area contributed by atoms with Gasteiger partial charge in [0.15, 0.2) is 5.13 Å². The van der Waals surface area contributed by atoms with Gasteiger partial charge in [-0.15, -0.1) is 11.3 Å². The van der Waals surface area contributed by atoms with E-state index >= 15 is 0 Å². The van der Waals surface area contributed by atoms with Crippen LogP contribution in [0.2, 0.25) is 0 Å². The number of anilines is 1. The minimum atomic E-state index is -0.109. The van der Waals surface area contributed by atoms with E-state index in [9.17, 15) is 4.79 Å². The van der Waals surface area contributed by atoms with Crippen LogP contribution in [-0.4, -0.2) is 20.9 Å². The molecule has 170 valence electrons. The Bertz CT molecular complexity index is 1660. The van der Waals surface area contributed by atoms with E-state index in [1.54, 1.807) is 28.6 Å². The molecule has 0 N–H and O–H groups in total. The number of para-hydroxylation sites is 2. The minimum absolute atomic E-state index is 0.109. The van der Waals surface area contributed by atoms with Crippen LogP contribution in [0.15, 0.2) is 90.6 Å². The van der Waals surface area contributed by atoms with Gasteiger partial charge in [-0.3, -0.25) is 14.7 Å². The molecule has 0 bridgehead atoms. The second kappa shape index (κ2) is 9.02. The van der Waals surface area contributed by atoms with Crippen molar-refractivity contribution >= 4 is 54.8 Å². The molecule has 7 heteroatoms. The number of rotatable bonds is 5. The second-order valence-electron chi connectivity index (χ2n) is 8.22. The molecule has 0 spiro atoms. The summed E-state index contributed by atoms with van der Waals surface area (Å²) in [6.45, 7) is 2.42. The van der Waals surface area contributed by atoms with E-state index in [1.165, 1.54) is 11.3 Å². The highest BCUT2D eigenvalue weighted by Crippen LogP contribution is 2.34. The van der Waals surface area contributed by atoms with Gasteiger partial charge < -0.3 is 0 Å². The third-order valence-electron chi connectivity index (χ3n) is 5.87. The molecule has 35 heavy (non-hydrogen) atoms. The maximum absolute atomic E-state index is 14.3. The van der Waals surface area contributed by atoms with Crippen molar-refractivity contribution in [1.82, 2.24) is 15.0 Å². The first-order valence-electron chi connectivity index (χ1n) is 11.2. The zero-order chi connectivity index (χ0) is 23.8. The normalized spacial score (nSPS) is 11.2. The number of benzene rings is 2. The lowest BCUT2D eigenvalue weighted by Gasteiger charge is -2.21. The predicted molar refractivity (Wildman–Crippen MR) is 144 cm³/mol. The van der Waals surface area contributed by atoms with E-state index in [0.29, 0.717) is 17.2 Å². The maximum atomic E-state index is 14.3. The smallest absolute Gasteiger partial charge is 0.261 e. The van der Waals surface area contributed by atoms with Crippen molar-refractivity contribution in [3.05, 3.63) is 107 Å². The number of nitrogens with zero attached hydrogens (tertiary/aromatic N) is 4. The molecule has 0 aliphatic rings. The molecular formula is C28H20N4OS2. The number of hydrogen-bond donors (Lipinski definition) is 0. The fraction of sp³-hybridized carbons (Fsp3) is 0.0714. The predicted octanol–water partition coefficient (Wildman–Crippen LogP) is 7.12. The Morgan fingerprint density at radius 2 is 1.89 bits per heavy atom. The van der Waals surface area contributed by atoms with Gasteiger partial charge in [-0.2, -0.15) is 0 Å². The van der Waals surface area contributed by atoms with E-state index in [0.717, 1.165) is 42.8 Å². The average Bonchev–Trinajstić information content (AvgIpc) is 3.58. The molecule has 1 amide bonds. The zero-order valence-corrected chi connectivity index (χ0v) is 20.5. The molecule has 0 saturated carbocycles. The first-order chi connectivity index (χ1) is 17.2. The maximum Gasteiger partial charge on any atom is 0.261 e. The summed E-state index contributed by atoms with van der Waals surface area (Å²) in [6.07, 6.45) is 3.53. The zero-order valence-electron chi connectivity index (χ0n) is 18.9. The van der Waals surface area contributed by atoms with Gasteiger partial charge in [0.05, 0.1) is 38.4 Å². The first-order valence-corrected chi connectivity index (χ1v) is 12.9. The Balaban J connectivity index is 1.53. The van der Waals surface area contributed by atoms with Crippen molar-refractivity contribution in [2.75, 3.05) is 4.90 Å². The summed E-state index contributed by atoms with van der Waals surface area (Å²) < 4.78 is 1.06. The summed E-state index contributed by atoms with van der Waals surface area (Å²) in [4.78, 5) is 31.1. The minimum Gasteiger partial charge on any atom is -0.279 e. The number of fused-ring (bicyclic) bond motifs is 2. The lowest BCUT2D eigenvalue weighted by molar-refractivity contribution is 0.0986. The number of amides is 1. The van der Waals surface area contributed by atoms with Crippen LogP contribution in [0, 0.1) is 6.92 Å². The molecule has 0 radical (unpaired) electrons. The van der Waals surface area contributed by atoms with E-state index in [1.807, 2.05) is 85.1 Å². The highest BCUT2D eigenvalue weighted by Gasteiger charge is 2.25. The van der Waals surface area contributed by atoms with Crippen LogP contribution in [0.4, 0.5) is 5.13 Å². The van der Waals surface area contributed by atoms with E-state index in [2.05, 4.69) is 4.98 Å². The Labute approximate surface area is 210 Å². The highest BCUT2D eigenvalue weighted by atomic mass is 32.1. The van der Waals surface area contributed by atoms with E-state index in [4.69, 9.17) is 9.97 Å². The van der Waals surface area contributed by atoms with Crippen LogP contribution in [0.3, 0.4) is 0 Å². The Morgan fingerprint density at radius 3 is 2.69 bits per heavy atom. The molecule has 4 aromatic heterocycles. The fourth-order valence-electron chi connectivity index (χ4n) is 4.14. The fourth-order valence-corrected chi connectivity index (χ4v) is 5.87. The van der Waals surface area contributed by atoms with Gasteiger partial charge in [0, 0.05) is 17.8 Å². The standard InChI is InChI=1S/C28H20N4OS2/c1-18-7-4-11-25-26(18)31-28(35-25)32(17-19-8-5-13-29-16-19)27(33)21-15-23(24-12-6-14-34-24)30-22-10-3-2-9-20(21)22/h2-16H,17H2,1H3. The summed E-state index contributed by atoms with van der Waals surface area (Å²) in [5, 5.41) is 3.51. The van der Waals surface area contributed by atoms with E-state index < -0.39 is 0 Å². The quantitative estimate of drug-likeness (QED) is 0.257. The number of thiophene rings is 1. The van der Waals surface area contributed by atoms with E-state index in [-0.39, 0.29) is 5.91 Å². The third-order valence-corrected chi connectivity index (χ3v) is 7.81. The molecular weight excluding hydrogens is 472 g/mol. The third kappa shape index (κ3) is 4.09.